The molecule has 0 spiro atoms. The van der Waals surface area contributed by atoms with E-state index in [1.807, 2.05) is 12.4 Å². The Hall–Kier alpha value is -1.25. The van der Waals surface area contributed by atoms with Gasteiger partial charge in [0.25, 0.3) is 0 Å². The van der Waals surface area contributed by atoms with E-state index < -0.39 is 0 Å². The Bertz CT molecular complexity index is 370. The van der Waals surface area contributed by atoms with Crippen molar-refractivity contribution in [2.24, 2.45) is 11.8 Å². The van der Waals surface area contributed by atoms with E-state index in [1.165, 1.54) is 32.1 Å². The highest BCUT2D eigenvalue weighted by molar-refractivity contribution is 5.53. The summed E-state index contributed by atoms with van der Waals surface area (Å²) in [7, 11) is 0. The lowest BCUT2D eigenvalue weighted by atomic mass is 9.81. The van der Waals surface area contributed by atoms with E-state index in [-0.39, 0.29) is 0 Å². The Kier molecular flexibility index (Phi) is 5.49. The fourth-order valence-electron chi connectivity index (χ4n) is 2.88. The summed E-state index contributed by atoms with van der Waals surface area (Å²) in [6, 6.07) is 2.14. The van der Waals surface area contributed by atoms with Gasteiger partial charge in [-0.2, -0.15) is 0 Å². The summed E-state index contributed by atoms with van der Waals surface area (Å²) in [6.45, 7) is 6.48. The van der Waals surface area contributed by atoms with Gasteiger partial charge in [0.05, 0.1) is 23.8 Å². The molecule has 1 saturated carbocycles. The van der Waals surface area contributed by atoms with E-state index in [4.69, 9.17) is 0 Å². The second kappa shape index (κ2) is 7.37. The highest BCUT2D eigenvalue weighted by Gasteiger charge is 2.17. The van der Waals surface area contributed by atoms with Crippen LogP contribution in [0.4, 0.5) is 11.4 Å². The number of rotatable bonds is 6. The summed E-state index contributed by atoms with van der Waals surface area (Å²) in [5, 5.41) is 6.79. The first-order valence-corrected chi connectivity index (χ1v) is 7.70. The molecule has 106 valence electrons. The van der Waals surface area contributed by atoms with Crippen LogP contribution in [0.1, 0.15) is 46.0 Å². The van der Waals surface area contributed by atoms with Crippen LogP contribution in [0.25, 0.3) is 0 Å². The maximum atomic E-state index is 4.25. The van der Waals surface area contributed by atoms with Gasteiger partial charge < -0.3 is 10.6 Å². The van der Waals surface area contributed by atoms with Crippen LogP contribution in [0.2, 0.25) is 0 Å². The average molecular weight is 261 g/mol. The van der Waals surface area contributed by atoms with Gasteiger partial charge in [0.2, 0.25) is 0 Å². The summed E-state index contributed by atoms with van der Waals surface area (Å²) in [4.78, 5) is 4.25. The minimum atomic E-state index is 0.925. The topological polar surface area (TPSA) is 37.0 Å². The Morgan fingerprint density at radius 2 is 1.79 bits per heavy atom. The number of pyridine rings is 1. The largest absolute Gasteiger partial charge is 0.384 e. The van der Waals surface area contributed by atoms with Crippen molar-refractivity contribution in [1.29, 1.82) is 0 Å². The summed E-state index contributed by atoms with van der Waals surface area (Å²) in [5.74, 6) is 1.87. The number of hydrogen-bond donors (Lipinski definition) is 2. The number of hydrogen-bond acceptors (Lipinski definition) is 3. The highest BCUT2D eigenvalue weighted by Crippen LogP contribution is 2.30. The van der Waals surface area contributed by atoms with Crippen molar-refractivity contribution in [3.63, 3.8) is 0 Å². The first-order valence-electron chi connectivity index (χ1n) is 7.70. The SMILES string of the molecule is CCNc1cncc(NCCC2CCC(C)CC2)c1. The van der Waals surface area contributed by atoms with E-state index in [0.717, 1.165) is 36.3 Å². The minimum Gasteiger partial charge on any atom is -0.384 e. The first-order chi connectivity index (χ1) is 9.28. The van der Waals surface area contributed by atoms with Crippen molar-refractivity contribution >= 4 is 11.4 Å². The second-order valence-corrected chi connectivity index (χ2v) is 5.83. The lowest BCUT2D eigenvalue weighted by Crippen LogP contribution is -2.15. The molecule has 1 aromatic rings. The zero-order valence-corrected chi connectivity index (χ0v) is 12.3. The molecule has 0 aliphatic heterocycles. The molecular formula is C16H27N3. The van der Waals surface area contributed by atoms with E-state index >= 15 is 0 Å². The summed E-state index contributed by atoms with van der Waals surface area (Å²) >= 11 is 0. The normalized spacial score (nSPS) is 23.1. The summed E-state index contributed by atoms with van der Waals surface area (Å²) in [5.41, 5.74) is 2.22. The third-order valence-electron chi connectivity index (χ3n) is 4.14. The molecule has 0 saturated heterocycles. The van der Waals surface area contributed by atoms with Gasteiger partial charge in [-0.05, 0) is 31.2 Å². The molecular weight excluding hydrogens is 234 g/mol. The molecule has 1 fully saturated rings. The fraction of sp³-hybridized carbons (Fsp3) is 0.688. The molecule has 19 heavy (non-hydrogen) atoms. The monoisotopic (exact) mass is 261 g/mol. The minimum absolute atomic E-state index is 0.925. The lowest BCUT2D eigenvalue weighted by molar-refractivity contribution is 0.282. The van der Waals surface area contributed by atoms with Crippen LogP contribution in [-0.2, 0) is 0 Å². The predicted octanol–water partition coefficient (Wildman–Crippen LogP) is 4.14. The maximum Gasteiger partial charge on any atom is 0.0547 e. The van der Waals surface area contributed by atoms with E-state index in [0.29, 0.717) is 0 Å². The van der Waals surface area contributed by atoms with Crippen LogP contribution in [-0.4, -0.2) is 18.1 Å². The van der Waals surface area contributed by atoms with Gasteiger partial charge in [-0.15, -0.1) is 0 Å². The van der Waals surface area contributed by atoms with Gasteiger partial charge >= 0.3 is 0 Å². The molecule has 0 unspecified atom stereocenters. The van der Waals surface area contributed by atoms with Crippen LogP contribution in [0.3, 0.4) is 0 Å². The van der Waals surface area contributed by atoms with Crippen molar-refractivity contribution in [3.05, 3.63) is 18.5 Å². The number of anilines is 2. The zero-order chi connectivity index (χ0) is 13.5. The van der Waals surface area contributed by atoms with Crippen molar-refractivity contribution in [2.75, 3.05) is 23.7 Å². The van der Waals surface area contributed by atoms with Crippen LogP contribution in [0, 0.1) is 11.8 Å². The Morgan fingerprint density at radius 3 is 2.47 bits per heavy atom. The summed E-state index contributed by atoms with van der Waals surface area (Å²) < 4.78 is 0. The van der Waals surface area contributed by atoms with E-state index in [1.54, 1.807) is 0 Å². The smallest absolute Gasteiger partial charge is 0.0547 e. The molecule has 3 heteroatoms. The molecule has 1 heterocycles. The van der Waals surface area contributed by atoms with Crippen LogP contribution in [0.15, 0.2) is 18.5 Å². The van der Waals surface area contributed by atoms with Crippen molar-refractivity contribution in [3.8, 4) is 0 Å². The highest BCUT2D eigenvalue weighted by atomic mass is 14.9. The molecule has 0 bridgehead atoms. The van der Waals surface area contributed by atoms with Crippen molar-refractivity contribution in [2.45, 2.75) is 46.0 Å². The van der Waals surface area contributed by atoms with Gasteiger partial charge in [0.1, 0.15) is 0 Å². The van der Waals surface area contributed by atoms with E-state index in [2.05, 4.69) is 35.5 Å². The van der Waals surface area contributed by atoms with Gasteiger partial charge in [0, 0.05) is 13.1 Å². The Balaban J connectivity index is 1.71. The molecule has 1 aliphatic carbocycles. The third kappa shape index (κ3) is 4.73. The molecule has 0 radical (unpaired) electrons. The lowest BCUT2D eigenvalue weighted by Gasteiger charge is -2.26. The van der Waals surface area contributed by atoms with Crippen molar-refractivity contribution < 1.29 is 0 Å². The molecule has 3 nitrogen and oxygen atoms in total. The van der Waals surface area contributed by atoms with Gasteiger partial charge in [-0.25, -0.2) is 0 Å². The van der Waals surface area contributed by atoms with Gasteiger partial charge in [-0.1, -0.05) is 32.6 Å². The molecule has 0 amide bonds. The molecule has 2 rings (SSSR count). The summed E-state index contributed by atoms with van der Waals surface area (Å²) in [6.07, 6.45) is 10.7. The Labute approximate surface area is 117 Å². The number of aromatic nitrogens is 1. The van der Waals surface area contributed by atoms with Crippen molar-refractivity contribution in [1.82, 2.24) is 4.98 Å². The second-order valence-electron chi connectivity index (χ2n) is 5.83. The first kappa shape index (κ1) is 14.2. The van der Waals surface area contributed by atoms with E-state index in [9.17, 15) is 0 Å². The van der Waals surface area contributed by atoms with Gasteiger partial charge in [0.15, 0.2) is 0 Å². The van der Waals surface area contributed by atoms with Gasteiger partial charge in [-0.3, -0.25) is 4.98 Å². The molecule has 2 N–H and O–H groups in total. The number of nitrogens with zero attached hydrogens (tertiary/aromatic N) is 1. The van der Waals surface area contributed by atoms with Crippen LogP contribution < -0.4 is 10.6 Å². The van der Waals surface area contributed by atoms with Crippen LogP contribution in [0.5, 0.6) is 0 Å². The molecule has 1 aromatic heterocycles. The molecule has 0 aromatic carbocycles. The third-order valence-corrected chi connectivity index (χ3v) is 4.14. The average Bonchev–Trinajstić information content (AvgIpc) is 2.42. The quantitative estimate of drug-likeness (QED) is 0.808. The Morgan fingerprint density at radius 1 is 1.11 bits per heavy atom. The maximum absolute atomic E-state index is 4.25. The molecule has 1 aliphatic rings. The zero-order valence-electron chi connectivity index (χ0n) is 12.3. The number of nitrogens with one attached hydrogen (secondary N) is 2. The van der Waals surface area contributed by atoms with Crippen LogP contribution >= 0.6 is 0 Å². The standard InChI is InChI=1S/C16H27N3/c1-3-18-15-10-16(12-17-11-15)19-9-8-14-6-4-13(2)5-7-14/h10-14,18-19H,3-9H2,1-2H3. The predicted molar refractivity (Wildman–Crippen MR) is 82.6 cm³/mol. The molecule has 0 atom stereocenters. The fourth-order valence-corrected chi connectivity index (χ4v) is 2.88.